The minimum Gasteiger partial charge on any atom is -0.428 e. The summed E-state index contributed by atoms with van der Waals surface area (Å²) in [7, 11) is 0. The van der Waals surface area contributed by atoms with Gasteiger partial charge in [-0.3, -0.25) is 0 Å². The highest BCUT2D eigenvalue weighted by Crippen LogP contribution is 2.39. The van der Waals surface area contributed by atoms with Crippen molar-refractivity contribution >= 4 is 0 Å². The van der Waals surface area contributed by atoms with Crippen molar-refractivity contribution in [1.82, 2.24) is 0 Å². The molecular formula is C12H12F4O3. The van der Waals surface area contributed by atoms with Gasteiger partial charge in [-0.05, 0) is 6.07 Å². The first-order valence-electron chi connectivity index (χ1n) is 5.58. The number of para-hydroxylation sites is 1. The molecule has 0 atom stereocenters. The lowest BCUT2D eigenvalue weighted by molar-refractivity contribution is -0.302. The van der Waals surface area contributed by atoms with E-state index in [1.54, 1.807) is 6.07 Å². The van der Waals surface area contributed by atoms with Crippen molar-refractivity contribution in [2.45, 2.75) is 25.2 Å². The Labute approximate surface area is 107 Å². The van der Waals surface area contributed by atoms with Crippen LogP contribution in [0.15, 0.2) is 24.3 Å². The smallest absolute Gasteiger partial charge is 0.428 e. The maximum Gasteiger partial charge on any atom is 0.463 e. The summed E-state index contributed by atoms with van der Waals surface area (Å²) in [5.74, 6) is -4.68. The first-order chi connectivity index (χ1) is 8.81. The second-order valence-corrected chi connectivity index (χ2v) is 4.12. The fraction of sp³-hybridized carbons (Fsp3) is 0.500. The molecule has 0 saturated carbocycles. The van der Waals surface area contributed by atoms with Crippen LogP contribution < -0.4 is 4.74 Å². The Morgan fingerprint density at radius 2 is 1.68 bits per heavy atom. The molecule has 106 valence electrons. The molecule has 1 heterocycles. The van der Waals surface area contributed by atoms with E-state index in [9.17, 15) is 17.6 Å². The summed E-state index contributed by atoms with van der Waals surface area (Å²) in [6.45, 7) is 0.705. The molecule has 0 radical (unpaired) electrons. The molecule has 0 aliphatic carbocycles. The molecule has 1 fully saturated rings. The van der Waals surface area contributed by atoms with Crippen molar-refractivity contribution in [2.75, 3.05) is 13.2 Å². The Kier molecular flexibility index (Phi) is 3.69. The highest BCUT2D eigenvalue weighted by atomic mass is 19.3. The molecule has 1 aliphatic rings. The van der Waals surface area contributed by atoms with Crippen LogP contribution in [0.3, 0.4) is 0 Å². The van der Waals surface area contributed by atoms with Gasteiger partial charge in [0.25, 0.3) is 0 Å². The topological polar surface area (TPSA) is 27.7 Å². The standard InChI is InChI=1S/C12H12F4O3/c1-11(13,14)12(15,16)19-9-5-3-2-4-8(9)10-17-6-7-18-10/h2-5,10H,6-7H2,1H3. The van der Waals surface area contributed by atoms with Gasteiger partial charge in [-0.1, -0.05) is 18.2 Å². The van der Waals surface area contributed by atoms with Gasteiger partial charge >= 0.3 is 12.0 Å². The quantitative estimate of drug-likeness (QED) is 0.791. The first kappa shape index (κ1) is 14.1. The molecule has 0 spiro atoms. The SMILES string of the molecule is CC(F)(F)C(F)(F)Oc1ccccc1C1OCCO1. The Morgan fingerprint density at radius 1 is 1.11 bits per heavy atom. The average Bonchev–Trinajstić information content (AvgIpc) is 2.81. The van der Waals surface area contributed by atoms with Crippen LogP contribution in [0, 0.1) is 0 Å². The highest BCUT2D eigenvalue weighted by Gasteiger charge is 2.55. The van der Waals surface area contributed by atoms with Crippen LogP contribution >= 0.6 is 0 Å². The van der Waals surface area contributed by atoms with Gasteiger partial charge in [0.2, 0.25) is 0 Å². The van der Waals surface area contributed by atoms with Gasteiger partial charge in [-0.15, -0.1) is 0 Å². The number of ether oxygens (including phenoxy) is 3. The molecule has 2 rings (SSSR count). The molecular weight excluding hydrogens is 268 g/mol. The third-order valence-electron chi connectivity index (χ3n) is 2.54. The fourth-order valence-corrected chi connectivity index (χ4v) is 1.53. The largest absolute Gasteiger partial charge is 0.463 e. The number of halogens is 4. The summed E-state index contributed by atoms with van der Waals surface area (Å²) in [5, 5.41) is 0. The van der Waals surface area contributed by atoms with Crippen molar-refractivity contribution in [3.8, 4) is 5.75 Å². The van der Waals surface area contributed by atoms with E-state index in [0.717, 1.165) is 0 Å². The summed E-state index contributed by atoms with van der Waals surface area (Å²) >= 11 is 0. The number of benzene rings is 1. The van der Waals surface area contributed by atoms with E-state index < -0.39 is 18.3 Å². The number of hydrogen-bond donors (Lipinski definition) is 0. The van der Waals surface area contributed by atoms with E-state index >= 15 is 0 Å². The van der Waals surface area contributed by atoms with E-state index in [1.807, 2.05) is 0 Å². The van der Waals surface area contributed by atoms with E-state index in [2.05, 4.69) is 4.74 Å². The summed E-state index contributed by atoms with van der Waals surface area (Å²) in [5.41, 5.74) is 0.156. The molecule has 0 amide bonds. The van der Waals surface area contributed by atoms with Crippen LogP contribution in [0.2, 0.25) is 0 Å². The molecule has 0 N–H and O–H groups in total. The Morgan fingerprint density at radius 3 is 2.26 bits per heavy atom. The minimum absolute atomic E-state index is 0.0954. The van der Waals surface area contributed by atoms with Crippen LogP contribution in [0.1, 0.15) is 18.8 Å². The highest BCUT2D eigenvalue weighted by molar-refractivity contribution is 5.35. The number of alkyl halides is 4. The van der Waals surface area contributed by atoms with Gasteiger partial charge in [0.1, 0.15) is 5.75 Å². The molecule has 0 unspecified atom stereocenters. The lowest BCUT2D eigenvalue weighted by Gasteiger charge is -2.25. The van der Waals surface area contributed by atoms with E-state index in [0.29, 0.717) is 13.2 Å². The van der Waals surface area contributed by atoms with Gasteiger partial charge in [0, 0.05) is 12.5 Å². The monoisotopic (exact) mass is 280 g/mol. The molecule has 3 nitrogen and oxygen atoms in total. The number of hydrogen-bond acceptors (Lipinski definition) is 3. The first-order valence-corrected chi connectivity index (χ1v) is 5.58. The Balaban J connectivity index is 2.25. The van der Waals surface area contributed by atoms with Gasteiger partial charge in [-0.25, -0.2) is 0 Å². The average molecular weight is 280 g/mol. The lowest BCUT2D eigenvalue weighted by Crippen LogP contribution is -2.43. The Bertz CT molecular complexity index is 439. The maximum atomic E-state index is 13.2. The van der Waals surface area contributed by atoms with E-state index in [4.69, 9.17) is 9.47 Å². The zero-order chi connectivity index (χ0) is 14.1. The molecule has 1 saturated heterocycles. The van der Waals surface area contributed by atoms with Gasteiger partial charge < -0.3 is 14.2 Å². The predicted molar refractivity (Wildman–Crippen MR) is 57.3 cm³/mol. The van der Waals surface area contributed by atoms with Crippen molar-refractivity contribution in [1.29, 1.82) is 0 Å². The molecule has 1 aliphatic heterocycles. The molecule has 1 aromatic rings. The summed E-state index contributed by atoms with van der Waals surface area (Å²) in [6, 6.07) is 5.54. The summed E-state index contributed by atoms with van der Waals surface area (Å²) < 4.78 is 66.4. The van der Waals surface area contributed by atoms with Crippen molar-refractivity contribution in [3.05, 3.63) is 29.8 Å². The van der Waals surface area contributed by atoms with E-state index in [1.165, 1.54) is 18.2 Å². The van der Waals surface area contributed by atoms with Gasteiger partial charge in [0.05, 0.1) is 13.2 Å². The lowest BCUT2D eigenvalue weighted by atomic mass is 10.2. The molecule has 7 heteroatoms. The number of rotatable bonds is 4. The minimum atomic E-state index is -4.61. The van der Waals surface area contributed by atoms with Crippen LogP contribution in [0.25, 0.3) is 0 Å². The van der Waals surface area contributed by atoms with Gasteiger partial charge in [0.15, 0.2) is 6.29 Å². The third-order valence-corrected chi connectivity index (χ3v) is 2.54. The third kappa shape index (κ3) is 2.98. The van der Waals surface area contributed by atoms with Crippen LogP contribution in [-0.2, 0) is 9.47 Å². The van der Waals surface area contributed by atoms with Crippen LogP contribution in [-0.4, -0.2) is 25.2 Å². The zero-order valence-corrected chi connectivity index (χ0v) is 10.0. The van der Waals surface area contributed by atoms with E-state index in [-0.39, 0.29) is 18.2 Å². The van der Waals surface area contributed by atoms with Crippen molar-refractivity contribution < 1.29 is 31.8 Å². The molecule has 0 bridgehead atoms. The second kappa shape index (κ2) is 4.97. The maximum absolute atomic E-state index is 13.2. The van der Waals surface area contributed by atoms with Crippen LogP contribution in [0.5, 0.6) is 5.75 Å². The second-order valence-electron chi connectivity index (χ2n) is 4.12. The van der Waals surface area contributed by atoms with Crippen LogP contribution in [0.4, 0.5) is 17.6 Å². The Hall–Kier alpha value is -1.34. The fourth-order valence-electron chi connectivity index (χ4n) is 1.53. The molecule has 0 aromatic heterocycles. The van der Waals surface area contributed by atoms with Gasteiger partial charge in [-0.2, -0.15) is 17.6 Å². The molecule has 1 aromatic carbocycles. The predicted octanol–water partition coefficient (Wildman–Crippen LogP) is 3.36. The summed E-state index contributed by atoms with van der Waals surface area (Å²) in [6.07, 6.45) is -5.49. The summed E-state index contributed by atoms with van der Waals surface area (Å²) in [4.78, 5) is 0. The zero-order valence-electron chi connectivity index (χ0n) is 10.0. The normalized spacial score (nSPS) is 17.7. The van der Waals surface area contributed by atoms with Crippen molar-refractivity contribution in [2.24, 2.45) is 0 Å². The molecule has 19 heavy (non-hydrogen) atoms. The van der Waals surface area contributed by atoms with Crippen molar-refractivity contribution in [3.63, 3.8) is 0 Å².